The summed E-state index contributed by atoms with van der Waals surface area (Å²) in [6.07, 6.45) is 6.33. The number of piperidine rings is 1. The van der Waals surface area contributed by atoms with E-state index in [1.165, 1.54) is 12.8 Å². The number of aromatic nitrogens is 2. The maximum Gasteiger partial charge on any atom is 0.207 e. The van der Waals surface area contributed by atoms with Crippen LogP contribution < -0.4 is 5.32 Å². The molecule has 0 radical (unpaired) electrons. The molecule has 20 heavy (non-hydrogen) atoms. The summed E-state index contributed by atoms with van der Waals surface area (Å²) in [6, 6.07) is 11.4. The summed E-state index contributed by atoms with van der Waals surface area (Å²) < 4.78 is 2.29. The molecule has 1 saturated heterocycles. The van der Waals surface area contributed by atoms with Crippen LogP contribution in [0.15, 0.2) is 42.7 Å². The predicted octanol–water partition coefficient (Wildman–Crippen LogP) is 3.28. The van der Waals surface area contributed by atoms with Crippen molar-refractivity contribution in [2.24, 2.45) is 0 Å². The van der Waals surface area contributed by atoms with E-state index < -0.39 is 0 Å². The average Bonchev–Trinajstić information content (AvgIpc) is 2.91. The van der Waals surface area contributed by atoms with Gasteiger partial charge in [-0.05, 0) is 38.9 Å². The molecule has 1 aromatic carbocycles. The molecule has 0 aliphatic carbocycles. The van der Waals surface area contributed by atoms with E-state index in [-0.39, 0.29) is 0 Å². The van der Waals surface area contributed by atoms with E-state index in [0.29, 0.717) is 12.1 Å². The molecule has 2 unspecified atom stereocenters. The second kappa shape index (κ2) is 5.67. The van der Waals surface area contributed by atoms with Crippen LogP contribution >= 0.6 is 0 Å². The summed E-state index contributed by atoms with van der Waals surface area (Å²) in [7, 11) is 2.21. The van der Waals surface area contributed by atoms with Gasteiger partial charge >= 0.3 is 0 Å². The van der Waals surface area contributed by atoms with Gasteiger partial charge in [-0.25, -0.2) is 4.98 Å². The number of nitrogens with zero attached hydrogens (tertiary/aromatic N) is 3. The molecule has 3 rings (SSSR count). The van der Waals surface area contributed by atoms with Crippen molar-refractivity contribution < 1.29 is 0 Å². The highest BCUT2D eigenvalue weighted by Crippen LogP contribution is 2.29. The lowest BCUT2D eigenvalue weighted by atomic mass is 9.99. The van der Waals surface area contributed by atoms with Crippen LogP contribution in [-0.4, -0.2) is 34.1 Å². The van der Waals surface area contributed by atoms with Gasteiger partial charge in [-0.3, -0.25) is 0 Å². The standard InChI is InChI=1S/C16H22N4/c1-13-12-15(8-10-19(13)2)20-11-9-17-16(20)18-14-6-4-3-5-7-14/h3-7,9,11,13,15H,8,10,12H2,1-2H3,(H,17,18). The molecule has 1 aliphatic rings. The van der Waals surface area contributed by atoms with E-state index in [9.17, 15) is 0 Å². The number of benzene rings is 1. The van der Waals surface area contributed by atoms with Crippen molar-refractivity contribution in [1.82, 2.24) is 14.5 Å². The van der Waals surface area contributed by atoms with Crippen molar-refractivity contribution in [3.63, 3.8) is 0 Å². The first-order chi connectivity index (χ1) is 9.74. The quantitative estimate of drug-likeness (QED) is 0.929. The van der Waals surface area contributed by atoms with Gasteiger partial charge in [0.2, 0.25) is 5.95 Å². The third-order valence-electron chi connectivity index (χ3n) is 4.27. The Morgan fingerprint density at radius 1 is 1.25 bits per heavy atom. The summed E-state index contributed by atoms with van der Waals surface area (Å²) in [5.74, 6) is 0.943. The van der Waals surface area contributed by atoms with Gasteiger partial charge in [-0.1, -0.05) is 18.2 Å². The van der Waals surface area contributed by atoms with E-state index in [1.807, 2.05) is 24.4 Å². The second-order valence-electron chi connectivity index (χ2n) is 5.66. The lowest BCUT2D eigenvalue weighted by Crippen LogP contribution is -2.38. The molecular formula is C16H22N4. The third kappa shape index (κ3) is 2.70. The van der Waals surface area contributed by atoms with Crippen LogP contribution in [0, 0.1) is 0 Å². The predicted molar refractivity (Wildman–Crippen MR) is 82.3 cm³/mol. The Morgan fingerprint density at radius 2 is 2.05 bits per heavy atom. The first-order valence-corrected chi connectivity index (χ1v) is 7.29. The number of likely N-dealkylation sites (tertiary alicyclic amines) is 1. The second-order valence-corrected chi connectivity index (χ2v) is 5.66. The molecule has 4 nitrogen and oxygen atoms in total. The van der Waals surface area contributed by atoms with Crippen molar-refractivity contribution in [2.45, 2.75) is 31.8 Å². The molecule has 1 aliphatic heterocycles. The van der Waals surface area contributed by atoms with Gasteiger partial charge in [0.1, 0.15) is 0 Å². The minimum absolute atomic E-state index is 0.537. The zero-order chi connectivity index (χ0) is 13.9. The first kappa shape index (κ1) is 13.2. The molecule has 2 atom stereocenters. The monoisotopic (exact) mass is 270 g/mol. The van der Waals surface area contributed by atoms with Gasteiger partial charge in [-0.15, -0.1) is 0 Å². The van der Waals surface area contributed by atoms with E-state index in [1.54, 1.807) is 0 Å². The Morgan fingerprint density at radius 3 is 2.80 bits per heavy atom. The fourth-order valence-corrected chi connectivity index (χ4v) is 2.87. The molecule has 106 valence electrons. The Balaban J connectivity index is 1.77. The average molecular weight is 270 g/mol. The number of imidazole rings is 1. The first-order valence-electron chi connectivity index (χ1n) is 7.29. The maximum absolute atomic E-state index is 4.47. The zero-order valence-corrected chi connectivity index (χ0v) is 12.2. The van der Waals surface area contributed by atoms with Crippen molar-refractivity contribution in [2.75, 3.05) is 18.9 Å². The van der Waals surface area contributed by atoms with Gasteiger partial charge in [0.05, 0.1) is 0 Å². The van der Waals surface area contributed by atoms with Gasteiger partial charge in [0, 0.05) is 36.7 Å². The van der Waals surface area contributed by atoms with Gasteiger partial charge in [-0.2, -0.15) is 0 Å². The summed E-state index contributed by atoms with van der Waals surface area (Å²) in [4.78, 5) is 6.90. The molecule has 1 aromatic heterocycles. The largest absolute Gasteiger partial charge is 0.326 e. The minimum Gasteiger partial charge on any atom is -0.326 e. The van der Waals surface area contributed by atoms with Crippen LogP contribution in [0.25, 0.3) is 0 Å². The lowest BCUT2D eigenvalue weighted by molar-refractivity contribution is 0.158. The molecule has 4 heteroatoms. The highest BCUT2D eigenvalue weighted by molar-refractivity contribution is 5.53. The molecule has 0 amide bonds. The molecule has 1 fully saturated rings. The van der Waals surface area contributed by atoms with E-state index in [4.69, 9.17) is 0 Å². The Bertz CT molecular complexity index is 549. The van der Waals surface area contributed by atoms with Crippen LogP contribution in [0.3, 0.4) is 0 Å². The van der Waals surface area contributed by atoms with Crippen molar-refractivity contribution in [3.05, 3.63) is 42.7 Å². The molecule has 2 aromatic rings. The SMILES string of the molecule is CC1CC(n2ccnc2Nc2ccccc2)CCN1C. The van der Waals surface area contributed by atoms with Crippen molar-refractivity contribution >= 4 is 11.6 Å². The zero-order valence-electron chi connectivity index (χ0n) is 12.2. The summed E-state index contributed by atoms with van der Waals surface area (Å²) in [6.45, 7) is 3.45. The van der Waals surface area contributed by atoms with Crippen molar-refractivity contribution in [1.29, 1.82) is 0 Å². The number of anilines is 2. The topological polar surface area (TPSA) is 33.1 Å². The van der Waals surface area contributed by atoms with Crippen LogP contribution in [0.5, 0.6) is 0 Å². The lowest BCUT2D eigenvalue weighted by Gasteiger charge is -2.36. The molecule has 0 bridgehead atoms. The van der Waals surface area contributed by atoms with E-state index in [0.717, 1.165) is 18.2 Å². The number of para-hydroxylation sites is 1. The Kier molecular flexibility index (Phi) is 3.74. The highest BCUT2D eigenvalue weighted by atomic mass is 15.2. The maximum atomic E-state index is 4.47. The minimum atomic E-state index is 0.537. The smallest absolute Gasteiger partial charge is 0.207 e. The van der Waals surface area contributed by atoms with Crippen molar-refractivity contribution in [3.8, 4) is 0 Å². The Hall–Kier alpha value is -1.81. The molecule has 0 spiro atoms. The fraction of sp³-hybridized carbons (Fsp3) is 0.438. The summed E-state index contributed by atoms with van der Waals surface area (Å²) >= 11 is 0. The van der Waals surface area contributed by atoms with Gasteiger partial charge in [0.15, 0.2) is 0 Å². The van der Waals surface area contributed by atoms with Crippen LogP contribution in [0.4, 0.5) is 11.6 Å². The number of hydrogen-bond acceptors (Lipinski definition) is 3. The highest BCUT2D eigenvalue weighted by Gasteiger charge is 2.25. The normalized spacial score (nSPS) is 23.7. The molecule has 2 heterocycles. The summed E-state index contributed by atoms with van der Waals surface area (Å²) in [5.41, 5.74) is 1.08. The molecule has 1 N–H and O–H groups in total. The van der Waals surface area contributed by atoms with Crippen LogP contribution in [0.1, 0.15) is 25.8 Å². The molecule has 0 saturated carbocycles. The molecular weight excluding hydrogens is 248 g/mol. The number of rotatable bonds is 3. The Labute approximate surface area is 120 Å². The fourth-order valence-electron chi connectivity index (χ4n) is 2.87. The van der Waals surface area contributed by atoms with Crippen LogP contribution in [-0.2, 0) is 0 Å². The van der Waals surface area contributed by atoms with E-state index >= 15 is 0 Å². The third-order valence-corrected chi connectivity index (χ3v) is 4.27. The van der Waals surface area contributed by atoms with Crippen LogP contribution in [0.2, 0.25) is 0 Å². The van der Waals surface area contributed by atoms with Gasteiger partial charge < -0.3 is 14.8 Å². The van der Waals surface area contributed by atoms with Gasteiger partial charge in [0.25, 0.3) is 0 Å². The number of nitrogens with one attached hydrogen (secondary N) is 1. The summed E-state index contributed by atoms with van der Waals surface area (Å²) in [5, 5.41) is 3.41. The number of hydrogen-bond donors (Lipinski definition) is 1. The van der Waals surface area contributed by atoms with E-state index in [2.05, 4.69) is 52.1 Å².